The van der Waals surface area contributed by atoms with Crippen molar-refractivity contribution in [2.75, 3.05) is 0 Å². The van der Waals surface area contributed by atoms with Crippen LogP contribution in [-0.2, 0) is 0 Å². The molecule has 1 aromatic heterocycles. The van der Waals surface area contributed by atoms with Crippen LogP contribution in [-0.4, -0.2) is 11.2 Å². The van der Waals surface area contributed by atoms with E-state index >= 15 is 0 Å². The van der Waals surface area contributed by atoms with Crippen molar-refractivity contribution in [3.63, 3.8) is 0 Å². The van der Waals surface area contributed by atoms with Gasteiger partial charge in [0.25, 0.3) is 5.69 Å². The number of nitrogens with zero attached hydrogens (tertiary/aromatic N) is 1. The number of carbonyl (C=O) groups is 1. The van der Waals surface area contributed by atoms with E-state index in [1.54, 1.807) is 0 Å². The number of hydrogen-bond acceptors (Lipinski definition) is 4. The molecule has 0 atom stereocenters. The summed E-state index contributed by atoms with van der Waals surface area (Å²) < 4.78 is 5.17. The van der Waals surface area contributed by atoms with Crippen molar-refractivity contribution in [1.82, 2.24) is 0 Å². The van der Waals surface area contributed by atoms with E-state index in [-0.39, 0.29) is 21.5 Å². The molecule has 0 aliphatic carbocycles. The zero-order valence-corrected chi connectivity index (χ0v) is 10.2. The maximum atomic E-state index is 10.7. The first-order valence-corrected chi connectivity index (χ1v) is 5.47. The fraction of sp³-hybridized carbons (Fsp3) is 0. The molecule has 7 heteroatoms. The maximum Gasteiger partial charge on any atom is 0.289 e. The predicted octanol–water partition coefficient (Wildman–Crippen LogP) is 3.97. The molecular weight excluding hydrogens is 281 g/mol. The standard InChI is InChI=1S/C11H5Cl2NO4/c12-8-4-10(14(16)17)9(13)3-7(8)11-2-1-6(5-15)18-11/h1-5H. The molecule has 5 nitrogen and oxygen atoms in total. The minimum Gasteiger partial charge on any atom is -0.453 e. The molecule has 1 heterocycles. The largest absolute Gasteiger partial charge is 0.453 e. The van der Waals surface area contributed by atoms with Gasteiger partial charge < -0.3 is 4.42 Å². The van der Waals surface area contributed by atoms with Crippen molar-refractivity contribution in [1.29, 1.82) is 0 Å². The van der Waals surface area contributed by atoms with E-state index in [0.29, 0.717) is 17.6 Å². The summed E-state index contributed by atoms with van der Waals surface area (Å²) in [6.45, 7) is 0. The van der Waals surface area contributed by atoms with Gasteiger partial charge in [-0.25, -0.2) is 0 Å². The van der Waals surface area contributed by atoms with Crippen LogP contribution in [0.4, 0.5) is 5.69 Å². The molecule has 0 N–H and O–H groups in total. The quantitative estimate of drug-likeness (QED) is 0.486. The zero-order valence-electron chi connectivity index (χ0n) is 8.72. The van der Waals surface area contributed by atoms with Gasteiger partial charge in [-0.05, 0) is 18.2 Å². The van der Waals surface area contributed by atoms with Crippen LogP contribution in [0.1, 0.15) is 10.6 Å². The lowest BCUT2D eigenvalue weighted by atomic mass is 10.1. The van der Waals surface area contributed by atoms with Crippen molar-refractivity contribution in [3.8, 4) is 11.3 Å². The fourth-order valence-electron chi connectivity index (χ4n) is 1.43. The second kappa shape index (κ2) is 4.80. The van der Waals surface area contributed by atoms with Gasteiger partial charge >= 0.3 is 0 Å². The van der Waals surface area contributed by atoms with Crippen molar-refractivity contribution < 1.29 is 14.1 Å². The first-order valence-electron chi connectivity index (χ1n) is 4.71. The molecule has 1 aromatic carbocycles. The molecule has 0 unspecified atom stereocenters. The highest BCUT2D eigenvalue weighted by Gasteiger charge is 2.18. The smallest absolute Gasteiger partial charge is 0.289 e. The monoisotopic (exact) mass is 285 g/mol. The Balaban J connectivity index is 2.55. The summed E-state index contributed by atoms with van der Waals surface area (Å²) in [5, 5.41) is 10.7. The summed E-state index contributed by atoms with van der Waals surface area (Å²) >= 11 is 11.7. The maximum absolute atomic E-state index is 10.7. The second-order valence-corrected chi connectivity index (χ2v) is 4.17. The number of hydrogen-bond donors (Lipinski definition) is 0. The van der Waals surface area contributed by atoms with E-state index in [4.69, 9.17) is 27.6 Å². The predicted molar refractivity (Wildman–Crippen MR) is 66.2 cm³/mol. The van der Waals surface area contributed by atoms with Gasteiger partial charge in [-0.1, -0.05) is 23.2 Å². The zero-order chi connectivity index (χ0) is 13.3. The normalized spacial score (nSPS) is 10.3. The first kappa shape index (κ1) is 12.6. The van der Waals surface area contributed by atoms with Gasteiger partial charge in [-0.15, -0.1) is 0 Å². The summed E-state index contributed by atoms with van der Waals surface area (Å²) in [7, 11) is 0. The molecule has 0 saturated carbocycles. The summed E-state index contributed by atoms with van der Waals surface area (Å²) in [5.74, 6) is 0.453. The van der Waals surface area contributed by atoms with Gasteiger partial charge in [-0.2, -0.15) is 0 Å². The van der Waals surface area contributed by atoms with Crippen LogP contribution in [0.3, 0.4) is 0 Å². The van der Waals surface area contributed by atoms with Gasteiger partial charge in [0.1, 0.15) is 10.8 Å². The Hall–Kier alpha value is -1.85. The first-order chi connectivity index (χ1) is 8.52. The third kappa shape index (κ3) is 2.23. The summed E-state index contributed by atoms with van der Waals surface area (Å²) in [6.07, 6.45) is 0.546. The molecular formula is C11H5Cl2NO4. The molecule has 2 aromatic rings. The third-order valence-electron chi connectivity index (χ3n) is 2.24. The van der Waals surface area contributed by atoms with E-state index in [9.17, 15) is 14.9 Å². The molecule has 0 amide bonds. The van der Waals surface area contributed by atoms with Crippen LogP contribution in [0.15, 0.2) is 28.7 Å². The summed E-state index contributed by atoms with van der Waals surface area (Å²) in [5.41, 5.74) is 0.105. The van der Waals surface area contributed by atoms with E-state index in [0.717, 1.165) is 6.07 Å². The van der Waals surface area contributed by atoms with Crippen LogP contribution in [0.25, 0.3) is 11.3 Å². The summed E-state index contributed by atoms with van der Waals surface area (Å²) in [4.78, 5) is 20.5. The minimum atomic E-state index is -0.628. The average Bonchev–Trinajstić information content (AvgIpc) is 2.79. The van der Waals surface area contributed by atoms with Crippen LogP contribution in [0.2, 0.25) is 10.0 Å². The number of benzene rings is 1. The topological polar surface area (TPSA) is 73.3 Å². The lowest BCUT2D eigenvalue weighted by molar-refractivity contribution is -0.384. The molecule has 0 fully saturated rings. The third-order valence-corrected chi connectivity index (χ3v) is 2.86. The molecule has 0 aliphatic heterocycles. The van der Waals surface area contributed by atoms with Gasteiger partial charge in [-0.3, -0.25) is 14.9 Å². The van der Waals surface area contributed by atoms with Crippen LogP contribution in [0, 0.1) is 10.1 Å². The molecule has 2 rings (SSSR count). The number of carbonyl (C=O) groups excluding carboxylic acids is 1. The van der Waals surface area contributed by atoms with Crippen LogP contribution >= 0.6 is 23.2 Å². The lowest BCUT2D eigenvalue weighted by Crippen LogP contribution is -1.90. The molecule has 0 saturated heterocycles. The Morgan fingerprint density at radius 3 is 2.50 bits per heavy atom. The molecule has 0 spiro atoms. The Morgan fingerprint density at radius 2 is 1.94 bits per heavy atom. The molecule has 18 heavy (non-hydrogen) atoms. The van der Waals surface area contributed by atoms with E-state index in [1.807, 2.05) is 0 Å². The van der Waals surface area contributed by atoms with E-state index < -0.39 is 4.92 Å². The van der Waals surface area contributed by atoms with Crippen LogP contribution < -0.4 is 0 Å². The number of rotatable bonds is 3. The lowest BCUT2D eigenvalue weighted by Gasteiger charge is -2.02. The van der Waals surface area contributed by atoms with Crippen molar-refractivity contribution in [2.45, 2.75) is 0 Å². The highest BCUT2D eigenvalue weighted by Crippen LogP contribution is 2.36. The molecule has 0 aliphatic rings. The van der Waals surface area contributed by atoms with Gasteiger partial charge in [0, 0.05) is 11.6 Å². The number of nitro groups is 1. The SMILES string of the molecule is O=Cc1ccc(-c2cc(Cl)c([N+](=O)[O-])cc2Cl)o1. The Kier molecular flexibility index (Phi) is 3.36. The van der Waals surface area contributed by atoms with Gasteiger partial charge in [0.2, 0.25) is 0 Å². The molecule has 92 valence electrons. The Morgan fingerprint density at radius 1 is 1.22 bits per heavy atom. The number of furan rings is 1. The van der Waals surface area contributed by atoms with E-state index in [1.165, 1.54) is 18.2 Å². The van der Waals surface area contributed by atoms with Crippen molar-refractivity contribution in [2.24, 2.45) is 0 Å². The van der Waals surface area contributed by atoms with Gasteiger partial charge in [0.05, 0.1) is 9.95 Å². The molecule has 0 radical (unpaired) electrons. The van der Waals surface area contributed by atoms with Crippen molar-refractivity contribution in [3.05, 3.63) is 50.2 Å². The Labute approximate surface area is 111 Å². The Bertz CT molecular complexity index is 636. The van der Waals surface area contributed by atoms with Gasteiger partial charge in [0.15, 0.2) is 12.0 Å². The van der Waals surface area contributed by atoms with Crippen molar-refractivity contribution >= 4 is 35.2 Å². The molecule has 0 bridgehead atoms. The highest BCUT2D eigenvalue weighted by molar-refractivity contribution is 6.36. The number of halogens is 2. The van der Waals surface area contributed by atoms with Crippen LogP contribution in [0.5, 0.6) is 0 Å². The average molecular weight is 286 g/mol. The highest BCUT2D eigenvalue weighted by atomic mass is 35.5. The fourth-order valence-corrected chi connectivity index (χ4v) is 1.91. The van der Waals surface area contributed by atoms with E-state index in [2.05, 4.69) is 0 Å². The minimum absolute atomic E-state index is 0.0524. The summed E-state index contributed by atoms with van der Waals surface area (Å²) in [6, 6.07) is 5.47. The second-order valence-electron chi connectivity index (χ2n) is 3.36. The number of aldehydes is 1. The number of nitro benzene ring substituents is 1.